The van der Waals surface area contributed by atoms with Gasteiger partial charge in [-0.15, -0.1) is 0 Å². The number of fused-ring (bicyclic) bond motifs is 1. The summed E-state index contributed by atoms with van der Waals surface area (Å²) in [4.78, 5) is 26.8. The van der Waals surface area contributed by atoms with Crippen LogP contribution in [0.3, 0.4) is 0 Å². The van der Waals surface area contributed by atoms with Gasteiger partial charge in [0.05, 0.1) is 19.9 Å². The number of likely N-dealkylation sites (N-methyl/N-ethyl adjacent to an activating group) is 1. The van der Waals surface area contributed by atoms with Crippen molar-refractivity contribution in [1.29, 1.82) is 0 Å². The molecule has 0 saturated heterocycles. The number of nitrogens with zero attached hydrogens (tertiary/aromatic N) is 1. The van der Waals surface area contributed by atoms with Gasteiger partial charge in [-0.05, 0) is 25.0 Å². The minimum Gasteiger partial charge on any atom is -0.493 e. The molecule has 1 unspecified atom stereocenters. The van der Waals surface area contributed by atoms with E-state index in [1.165, 1.54) is 7.11 Å². The zero-order chi connectivity index (χ0) is 14.5. The van der Waals surface area contributed by atoms with E-state index in [-0.39, 0.29) is 11.6 Å². The minimum atomic E-state index is -1.03. The number of anilines is 1. The molecule has 1 heterocycles. The van der Waals surface area contributed by atoms with Crippen LogP contribution >= 0.6 is 0 Å². The summed E-state index contributed by atoms with van der Waals surface area (Å²) in [5, 5.41) is 0. The Hall–Kier alpha value is -2.04. The second-order valence-electron chi connectivity index (χ2n) is 5.22. The third-order valence-corrected chi connectivity index (χ3v) is 4.45. The summed E-state index contributed by atoms with van der Waals surface area (Å²) in [6, 6.07) is 3.43. The van der Waals surface area contributed by atoms with Gasteiger partial charge < -0.3 is 14.4 Å². The zero-order valence-electron chi connectivity index (χ0n) is 11.9. The average molecular weight is 275 g/mol. The number of Topliss-reactive ketones (excluding diaryl/α,β-unsaturated/α-hetero) is 2. The van der Waals surface area contributed by atoms with Crippen LogP contribution in [-0.2, 0) is 4.79 Å². The molecular weight excluding hydrogens is 258 g/mol. The van der Waals surface area contributed by atoms with Gasteiger partial charge >= 0.3 is 0 Å². The Labute approximate surface area is 117 Å². The normalized spacial score (nSPS) is 24.4. The minimum absolute atomic E-state index is 0.00206. The zero-order valence-corrected chi connectivity index (χ0v) is 11.9. The van der Waals surface area contributed by atoms with E-state index in [9.17, 15) is 9.59 Å². The van der Waals surface area contributed by atoms with Crippen LogP contribution in [0.1, 0.15) is 29.6 Å². The van der Waals surface area contributed by atoms with Crippen molar-refractivity contribution in [3.8, 4) is 11.5 Å². The number of carbonyl (C=O) groups is 2. The fourth-order valence-electron chi connectivity index (χ4n) is 3.44. The summed E-state index contributed by atoms with van der Waals surface area (Å²) in [5.74, 6) is 0.964. The standard InChI is InChI=1S/C15H17NO4/c1-16-12-9(6-7-10(19-2)13(12)20-3)14(18)15(16)8-4-5-11(15)17/h6-7H,4-5,8H2,1-3H3. The molecule has 1 atom stereocenters. The molecule has 0 amide bonds. The molecule has 1 saturated carbocycles. The summed E-state index contributed by atoms with van der Waals surface area (Å²) >= 11 is 0. The van der Waals surface area contributed by atoms with Crippen LogP contribution in [0, 0.1) is 0 Å². The molecule has 20 heavy (non-hydrogen) atoms. The molecule has 106 valence electrons. The molecule has 1 aromatic rings. The molecule has 1 aliphatic heterocycles. The highest BCUT2D eigenvalue weighted by atomic mass is 16.5. The fraction of sp³-hybridized carbons (Fsp3) is 0.467. The molecule has 1 spiro atoms. The Morgan fingerprint density at radius 2 is 1.95 bits per heavy atom. The summed E-state index contributed by atoms with van der Waals surface area (Å²) in [7, 11) is 4.88. The van der Waals surface area contributed by atoms with Crippen molar-refractivity contribution in [2.45, 2.75) is 24.8 Å². The number of hydrogen-bond acceptors (Lipinski definition) is 5. The summed E-state index contributed by atoms with van der Waals surface area (Å²) in [6.45, 7) is 0. The van der Waals surface area contributed by atoms with E-state index in [1.54, 1.807) is 31.2 Å². The largest absolute Gasteiger partial charge is 0.493 e. The van der Waals surface area contributed by atoms with Crippen LogP contribution in [0.2, 0.25) is 0 Å². The summed E-state index contributed by atoms with van der Waals surface area (Å²) in [6.07, 6.45) is 1.78. The Morgan fingerprint density at radius 3 is 2.50 bits per heavy atom. The van der Waals surface area contributed by atoms with Gasteiger partial charge in [-0.2, -0.15) is 0 Å². The maximum Gasteiger partial charge on any atom is 0.198 e. The number of ketones is 2. The fourth-order valence-corrected chi connectivity index (χ4v) is 3.44. The van der Waals surface area contributed by atoms with E-state index in [1.807, 2.05) is 0 Å². The number of carbonyl (C=O) groups excluding carboxylic acids is 2. The summed E-state index contributed by atoms with van der Waals surface area (Å²) in [5.41, 5.74) is 0.176. The van der Waals surface area contributed by atoms with Gasteiger partial charge in [0, 0.05) is 19.0 Å². The highest BCUT2D eigenvalue weighted by molar-refractivity contribution is 6.28. The van der Waals surface area contributed by atoms with Crippen molar-refractivity contribution in [3.63, 3.8) is 0 Å². The first-order valence-corrected chi connectivity index (χ1v) is 6.65. The Bertz CT molecular complexity index is 610. The van der Waals surface area contributed by atoms with Crippen LogP contribution in [0.25, 0.3) is 0 Å². The lowest BCUT2D eigenvalue weighted by atomic mass is 9.90. The number of ether oxygens (including phenoxy) is 2. The first kappa shape index (κ1) is 13.0. The van der Waals surface area contributed by atoms with Crippen molar-refractivity contribution in [2.75, 3.05) is 26.2 Å². The SMILES string of the molecule is COc1ccc2c(c1OC)N(C)C1(CCCC1=O)C2=O. The molecule has 1 fully saturated rings. The highest BCUT2D eigenvalue weighted by Gasteiger charge is 2.57. The number of hydrogen-bond donors (Lipinski definition) is 0. The van der Waals surface area contributed by atoms with Gasteiger partial charge in [0.25, 0.3) is 0 Å². The molecule has 1 aliphatic carbocycles. The van der Waals surface area contributed by atoms with Crippen molar-refractivity contribution >= 4 is 17.3 Å². The molecule has 1 aromatic carbocycles. The number of benzene rings is 1. The van der Waals surface area contributed by atoms with E-state index in [2.05, 4.69) is 0 Å². The second kappa shape index (κ2) is 4.23. The van der Waals surface area contributed by atoms with Crippen molar-refractivity contribution in [1.82, 2.24) is 0 Å². The van der Waals surface area contributed by atoms with E-state index in [0.717, 1.165) is 6.42 Å². The quantitative estimate of drug-likeness (QED) is 0.771. The molecule has 0 N–H and O–H groups in total. The van der Waals surface area contributed by atoms with Crippen LogP contribution in [0.15, 0.2) is 12.1 Å². The molecule has 5 nitrogen and oxygen atoms in total. The van der Waals surface area contributed by atoms with Crippen LogP contribution < -0.4 is 14.4 Å². The van der Waals surface area contributed by atoms with Crippen LogP contribution in [0.4, 0.5) is 5.69 Å². The number of methoxy groups -OCH3 is 2. The van der Waals surface area contributed by atoms with Crippen LogP contribution in [-0.4, -0.2) is 38.4 Å². The molecular formula is C15H17NO4. The maximum absolute atomic E-state index is 12.8. The lowest BCUT2D eigenvalue weighted by molar-refractivity contribution is -0.120. The van der Waals surface area contributed by atoms with Gasteiger partial charge in [0.1, 0.15) is 0 Å². The first-order valence-electron chi connectivity index (χ1n) is 6.65. The van der Waals surface area contributed by atoms with Gasteiger partial charge in [0.2, 0.25) is 0 Å². The Kier molecular flexibility index (Phi) is 2.74. The van der Waals surface area contributed by atoms with Crippen molar-refractivity contribution < 1.29 is 19.1 Å². The van der Waals surface area contributed by atoms with Gasteiger partial charge in [0.15, 0.2) is 28.6 Å². The predicted molar refractivity (Wildman–Crippen MR) is 73.9 cm³/mol. The van der Waals surface area contributed by atoms with Gasteiger partial charge in [-0.3, -0.25) is 9.59 Å². The first-order chi connectivity index (χ1) is 9.57. The second-order valence-corrected chi connectivity index (χ2v) is 5.22. The third-order valence-electron chi connectivity index (χ3n) is 4.45. The van der Waals surface area contributed by atoms with Crippen molar-refractivity contribution in [3.05, 3.63) is 17.7 Å². The molecule has 0 radical (unpaired) electrons. The number of rotatable bonds is 2. The van der Waals surface area contributed by atoms with Crippen LogP contribution in [0.5, 0.6) is 11.5 Å². The topological polar surface area (TPSA) is 55.8 Å². The van der Waals surface area contributed by atoms with E-state index in [0.29, 0.717) is 35.6 Å². The molecule has 3 rings (SSSR count). The molecule has 0 bridgehead atoms. The lowest BCUT2D eigenvalue weighted by Gasteiger charge is -2.31. The van der Waals surface area contributed by atoms with Gasteiger partial charge in [-0.1, -0.05) is 0 Å². The lowest BCUT2D eigenvalue weighted by Crippen LogP contribution is -2.52. The highest BCUT2D eigenvalue weighted by Crippen LogP contribution is 2.51. The van der Waals surface area contributed by atoms with E-state index in [4.69, 9.17) is 9.47 Å². The molecule has 2 aliphatic rings. The average Bonchev–Trinajstić information content (AvgIpc) is 2.94. The monoisotopic (exact) mass is 275 g/mol. The van der Waals surface area contributed by atoms with Gasteiger partial charge in [-0.25, -0.2) is 0 Å². The van der Waals surface area contributed by atoms with E-state index >= 15 is 0 Å². The Balaban J connectivity index is 2.24. The maximum atomic E-state index is 12.8. The van der Waals surface area contributed by atoms with E-state index < -0.39 is 5.54 Å². The Morgan fingerprint density at radius 1 is 1.20 bits per heavy atom. The molecule has 0 aromatic heterocycles. The summed E-state index contributed by atoms with van der Waals surface area (Å²) < 4.78 is 10.7. The third kappa shape index (κ3) is 1.32. The molecule has 5 heteroatoms. The predicted octanol–water partition coefficient (Wildman–Crippen LogP) is 1.83. The smallest absolute Gasteiger partial charge is 0.198 e. The van der Waals surface area contributed by atoms with Crippen molar-refractivity contribution in [2.24, 2.45) is 0 Å².